The van der Waals surface area contributed by atoms with Gasteiger partial charge in [0.25, 0.3) is 0 Å². The number of hydrogen-bond acceptors (Lipinski definition) is 0. The molecule has 122 valence electrons. The van der Waals surface area contributed by atoms with Crippen LogP contribution in [0.25, 0.3) is 0 Å². The third kappa shape index (κ3) is 7.16. The normalized spacial score (nSPS) is 8.86. The predicted octanol–water partition coefficient (Wildman–Crippen LogP) is -0.517. The minimum absolute atomic E-state index is 0. The fraction of sp³-hybridized carbons (Fsp3) is 0.474. The quantitative estimate of drug-likeness (QED) is 0.576. The monoisotopic (exact) mass is 416 g/mol. The van der Waals surface area contributed by atoms with Gasteiger partial charge in [0, 0.05) is 0 Å². The Hall–Kier alpha value is 0.163. The summed E-state index contributed by atoms with van der Waals surface area (Å²) in [7, 11) is 0. The Morgan fingerprint density at radius 3 is 1.64 bits per heavy atom. The van der Waals surface area contributed by atoms with Crippen molar-refractivity contribution < 1.29 is 51.0 Å². The molecule has 22 heavy (non-hydrogen) atoms. The van der Waals surface area contributed by atoms with Gasteiger partial charge in [0.15, 0.2) is 0 Å². The van der Waals surface area contributed by atoms with E-state index < -0.39 is 0 Å². The van der Waals surface area contributed by atoms with Gasteiger partial charge in [-0.15, -0.1) is 0 Å². The molecule has 0 fully saturated rings. The maximum atomic E-state index is 2.35. The third-order valence-corrected chi connectivity index (χ3v) is 4.15. The minimum atomic E-state index is 0. The van der Waals surface area contributed by atoms with Crippen LogP contribution in [0, 0.1) is 34.6 Å². The summed E-state index contributed by atoms with van der Waals surface area (Å²) in [6.45, 7) is 15.3. The van der Waals surface area contributed by atoms with Crippen LogP contribution in [-0.4, -0.2) is 0 Å². The second-order valence-corrected chi connectivity index (χ2v) is 5.55. The molecule has 0 aliphatic carbocycles. The zero-order valence-corrected chi connectivity index (χ0v) is 18.9. The average molecular weight is 419 g/mol. The molecule has 0 aliphatic heterocycles. The molecular formula is C19H28Cl2Zr. The van der Waals surface area contributed by atoms with Crippen LogP contribution in [-0.2, 0) is 39.0 Å². The van der Waals surface area contributed by atoms with E-state index in [1.165, 1.54) is 51.8 Å². The zero-order valence-electron chi connectivity index (χ0n) is 14.9. The maximum absolute atomic E-state index is 2.35. The summed E-state index contributed by atoms with van der Waals surface area (Å²) in [5.74, 6) is 0. The first-order chi connectivity index (χ1) is 8.90. The van der Waals surface area contributed by atoms with Crippen molar-refractivity contribution in [3.63, 3.8) is 0 Å². The Morgan fingerprint density at radius 2 is 1.45 bits per heavy atom. The summed E-state index contributed by atoms with van der Waals surface area (Å²) >= 11 is 0. The fourth-order valence-corrected chi connectivity index (χ4v) is 2.60. The van der Waals surface area contributed by atoms with E-state index in [9.17, 15) is 0 Å². The Balaban J connectivity index is -0.000000299. The van der Waals surface area contributed by atoms with Crippen molar-refractivity contribution in [3.8, 4) is 0 Å². The van der Waals surface area contributed by atoms with Crippen molar-refractivity contribution >= 4 is 0 Å². The molecule has 0 saturated carbocycles. The van der Waals surface area contributed by atoms with E-state index in [0.29, 0.717) is 0 Å². The van der Waals surface area contributed by atoms with Gasteiger partial charge >= 0.3 is 26.2 Å². The number of hydrogen-bond donors (Lipinski definition) is 0. The Labute approximate surface area is 168 Å². The molecule has 0 atom stereocenters. The van der Waals surface area contributed by atoms with Crippen LogP contribution >= 0.6 is 0 Å². The molecule has 0 unspecified atom stereocenters. The average Bonchev–Trinajstić information content (AvgIpc) is 2.81. The second kappa shape index (κ2) is 12.6. The van der Waals surface area contributed by atoms with E-state index in [1.807, 2.05) is 0 Å². The molecule has 0 radical (unpaired) electrons. The SMILES string of the molecule is CCc1cc(CC)[c-](C)c1C.Cc1cc(C)[c-](C)c1.[Cl-].[Cl-].[Zr+4]. The summed E-state index contributed by atoms with van der Waals surface area (Å²) in [6.07, 6.45) is 2.35. The molecule has 0 N–H and O–H groups in total. The van der Waals surface area contributed by atoms with Crippen LogP contribution in [0.15, 0.2) is 18.2 Å². The molecule has 0 aromatic heterocycles. The predicted molar refractivity (Wildman–Crippen MR) is 86.5 cm³/mol. The van der Waals surface area contributed by atoms with Crippen molar-refractivity contribution in [1.29, 1.82) is 0 Å². The van der Waals surface area contributed by atoms with Gasteiger partial charge in [-0.3, -0.25) is 0 Å². The van der Waals surface area contributed by atoms with E-state index in [0.717, 1.165) is 0 Å². The largest absolute Gasteiger partial charge is 4.00 e. The number of rotatable bonds is 2. The summed E-state index contributed by atoms with van der Waals surface area (Å²) in [5, 5.41) is 0. The molecule has 0 heterocycles. The van der Waals surface area contributed by atoms with Gasteiger partial charge in [0.2, 0.25) is 0 Å². The van der Waals surface area contributed by atoms with Crippen molar-refractivity contribution in [1.82, 2.24) is 0 Å². The molecule has 0 nitrogen and oxygen atoms in total. The van der Waals surface area contributed by atoms with Crippen LogP contribution in [0.4, 0.5) is 0 Å². The van der Waals surface area contributed by atoms with Crippen LogP contribution in [0.2, 0.25) is 0 Å². The summed E-state index contributed by atoms with van der Waals surface area (Å²) < 4.78 is 0. The third-order valence-electron chi connectivity index (χ3n) is 4.15. The zero-order chi connectivity index (χ0) is 14.6. The molecule has 0 bridgehead atoms. The van der Waals surface area contributed by atoms with E-state index in [-0.39, 0.29) is 51.0 Å². The summed E-state index contributed by atoms with van der Waals surface area (Å²) in [5.41, 5.74) is 10.2. The van der Waals surface area contributed by atoms with Crippen LogP contribution in [0.3, 0.4) is 0 Å². The molecule has 2 aromatic rings. The van der Waals surface area contributed by atoms with Gasteiger partial charge in [0.1, 0.15) is 0 Å². The van der Waals surface area contributed by atoms with E-state index in [1.54, 1.807) is 0 Å². The minimum Gasteiger partial charge on any atom is -1.00 e. The smallest absolute Gasteiger partial charge is 1.00 e. The fourth-order valence-electron chi connectivity index (χ4n) is 2.60. The molecule has 3 heteroatoms. The molecule has 0 saturated heterocycles. The van der Waals surface area contributed by atoms with Gasteiger partial charge < -0.3 is 24.8 Å². The Bertz CT molecular complexity index is 492. The second-order valence-electron chi connectivity index (χ2n) is 5.55. The first-order valence-electron chi connectivity index (χ1n) is 7.35. The topological polar surface area (TPSA) is 0 Å². The van der Waals surface area contributed by atoms with E-state index >= 15 is 0 Å². The summed E-state index contributed by atoms with van der Waals surface area (Å²) in [6, 6.07) is 6.76. The number of aryl methyl sites for hydroxylation is 5. The van der Waals surface area contributed by atoms with Crippen LogP contribution in [0.5, 0.6) is 0 Å². The molecule has 0 aliphatic rings. The van der Waals surface area contributed by atoms with E-state index in [2.05, 4.69) is 66.7 Å². The van der Waals surface area contributed by atoms with Crippen LogP contribution < -0.4 is 24.8 Å². The van der Waals surface area contributed by atoms with Crippen molar-refractivity contribution in [2.75, 3.05) is 0 Å². The Kier molecular flexibility index (Phi) is 15.4. The molecular weight excluding hydrogens is 390 g/mol. The number of halogens is 2. The van der Waals surface area contributed by atoms with E-state index in [4.69, 9.17) is 0 Å². The Morgan fingerprint density at radius 1 is 0.909 bits per heavy atom. The van der Waals surface area contributed by atoms with Gasteiger partial charge in [0.05, 0.1) is 0 Å². The summed E-state index contributed by atoms with van der Waals surface area (Å²) in [4.78, 5) is 0. The van der Waals surface area contributed by atoms with Gasteiger partial charge in [-0.05, 0) is 0 Å². The van der Waals surface area contributed by atoms with Gasteiger partial charge in [-0.1, -0.05) is 61.3 Å². The van der Waals surface area contributed by atoms with Crippen LogP contribution in [0.1, 0.15) is 52.8 Å². The molecule has 0 amide bonds. The molecule has 2 rings (SSSR count). The standard InChI is InChI=1S/C11H17.C8H11.2ClH.Zr/c1-5-10-7-11(6-2)9(4)8(10)3;1-6-4-7(2)8(3)5-6;;;/h7H,5-6H2,1-4H3;4-5H,1-3H3;2*1H;/q2*-1;;;+4/p-2. The van der Waals surface area contributed by atoms with Crippen molar-refractivity contribution in [3.05, 3.63) is 57.1 Å². The maximum Gasteiger partial charge on any atom is 4.00 e. The molecule has 2 aromatic carbocycles. The first kappa shape index (κ1) is 27.0. The first-order valence-corrected chi connectivity index (χ1v) is 7.35. The van der Waals surface area contributed by atoms with Gasteiger partial charge in [-0.25, -0.2) is 17.7 Å². The van der Waals surface area contributed by atoms with Crippen molar-refractivity contribution in [2.45, 2.75) is 61.3 Å². The van der Waals surface area contributed by atoms with Crippen molar-refractivity contribution in [2.24, 2.45) is 0 Å². The van der Waals surface area contributed by atoms with Gasteiger partial charge in [-0.2, -0.15) is 39.4 Å². The molecule has 0 spiro atoms.